The number of hydrogen-bond acceptors (Lipinski definition) is 2. The Labute approximate surface area is 160 Å². The summed E-state index contributed by atoms with van der Waals surface area (Å²) >= 11 is 0. The van der Waals surface area contributed by atoms with Gasteiger partial charge in [-0.05, 0) is 54.7 Å². The highest BCUT2D eigenvalue weighted by molar-refractivity contribution is 6.26. The first-order chi connectivity index (χ1) is 13.3. The molecular weight excluding hydrogens is 334 g/mol. The van der Waals surface area contributed by atoms with Crippen LogP contribution in [0.2, 0.25) is 0 Å². The molecule has 0 N–H and O–H groups in total. The molecule has 5 rings (SSSR count). The van der Waals surface area contributed by atoms with Gasteiger partial charge >= 0.3 is 0 Å². The standard InChI is InChI=1S/C24H27NO2/c26-23-20-13-7-12-19-18(16-8-3-1-4-9-16)14-15-21(22(19)20)24(27)25(23)17-10-5-2-6-11-17/h7,12-17H,1-6,8-11H2. The van der Waals surface area contributed by atoms with Gasteiger partial charge in [-0.15, -0.1) is 0 Å². The first-order valence-corrected chi connectivity index (χ1v) is 10.7. The molecule has 2 saturated carbocycles. The Morgan fingerprint density at radius 2 is 1.33 bits per heavy atom. The lowest BCUT2D eigenvalue weighted by molar-refractivity contribution is 0.0503. The Morgan fingerprint density at radius 3 is 2.04 bits per heavy atom. The van der Waals surface area contributed by atoms with Gasteiger partial charge in [0.05, 0.1) is 0 Å². The zero-order valence-corrected chi connectivity index (χ0v) is 15.9. The van der Waals surface area contributed by atoms with Crippen molar-refractivity contribution < 1.29 is 9.59 Å². The third kappa shape index (κ3) is 2.70. The summed E-state index contributed by atoms with van der Waals surface area (Å²) in [7, 11) is 0. The highest BCUT2D eigenvalue weighted by Crippen LogP contribution is 2.40. The third-order valence-electron chi connectivity index (χ3n) is 6.96. The van der Waals surface area contributed by atoms with Gasteiger partial charge in [-0.2, -0.15) is 0 Å². The summed E-state index contributed by atoms with van der Waals surface area (Å²) in [5, 5.41) is 2.03. The van der Waals surface area contributed by atoms with Crippen molar-refractivity contribution in [1.29, 1.82) is 0 Å². The van der Waals surface area contributed by atoms with Crippen molar-refractivity contribution in [2.24, 2.45) is 0 Å². The molecule has 0 unspecified atom stereocenters. The summed E-state index contributed by atoms with van der Waals surface area (Å²) in [5.74, 6) is 0.404. The van der Waals surface area contributed by atoms with Gasteiger partial charge in [-0.25, -0.2) is 0 Å². The minimum absolute atomic E-state index is 0.0696. The van der Waals surface area contributed by atoms with E-state index in [2.05, 4.69) is 12.1 Å². The van der Waals surface area contributed by atoms with Gasteiger partial charge in [0, 0.05) is 22.6 Å². The predicted molar refractivity (Wildman–Crippen MR) is 107 cm³/mol. The van der Waals surface area contributed by atoms with Crippen LogP contribution in [0.15, 0.2) is 30.3 Å². The quantitative estimate of drug-likeness (QED) is 0.632. The first kappa shape index (κ1) is 17.0. The van der Waals surface area contributed by atoms with Crippen molar-refractivity contribution in [3.05, 3.63) is 47.0 Å². The van der Waals surface area contributed by atoms with Crippen molar-refractivity contribution in [2.75, 3.05) is 0 Å². The zero-order valence-electron chi connectivity index (χ0n) is 15.9. The maximum absolute atomic E-state index is 13.3. The molecule has 0 atom stereocenters. The predicted octanol–water partition coefficient (Wildman–Crippen LogP) is 5.82. The van der Waals surface area contributed by atoms with E-state index >= 15 is 0 Å². The number of nitrogens with zero attached hydrogens (tertiary/aromatic N) is 1. The molecule has 3 nitrogen and oxygen atoms in total. The van der Waals surface area contributed by atoms with Crippen molar-refractivity contribution >= 4 is 22.6 Å². The smallest absolute Gasteiger partial charge is 0.261 e. The molecule has 0 aromatic heterocycles. The fourth-order valence-electron chi connectivity index (χ4n) is 5.58. The number of hydrogen-bond donors (Lipinski definition) is 0. The molecule has 0 radical (unpaired) electrons. The summed E-state index contributed by atoms with van der Waals surface area (Å²) in [6, 6.07) is 10.3. The Bertz CT molecular complexity index is 882. The molecular formula is C24H27NO2. The lowest BCUT2D eigenvalue weighted by atomic mass is 9.80. The average Bonchev–Trinajstić information content (AvgIpc) is 2.73. The van der Waals surface area contributed by atoms with Crippen LogP contribution in [-0.4, -0.2) is 22.8 Å². The zero-order chi connectivity index (χ0) is 18.4. The fourth-order valence-corrected chi connectivity index (χ4v) is 5.58. The molecule has 0 bridgehead atoms. The van der Waals surface area contributed by atoms with Gasteiger partial charge < -0.3 is 0 Å². The van der Waals surface area contributed by atoms with E-state index in [4.69, 9.17) is 0 Å². The van der Waals surface area contributed by atoms with Gasteiger partial charge in [0.2, 0.25) is 0 Å². The number of carbonyl (C=O) groups is 2. The van der Waals surface area contributed by atoms with Crippen LogP contribution in [0.4, 0.5) is 0 Å². The van der Waals surface area contributed by atoms with Crippen molar-refractivity contribution in [1.82, 2.24) is 4.90 Å². The molecule has 2 aliphatic carbocycles. The molecule has 2 aromatic carbocycles. The summed E-state index contributed by atoms with van der Waals surface area (Å²) in [6.45, 7) is 0. The number of benzene rings is 2. The van der Waals surface area contributed by atoms with Crippen molar-refractivity contribution in [2.45, 2.75) is 76.2 Å². The second-order valence-electron chi connectivity index (χ2n) is 8.54. The van der Waals surface area contributed by atoms with E-state index in [1.807, 2.05) is 18.2 Å². The Morgan fingerprint density at radius 1 is 0.704 bits per heavy atom. The second-order valence-corrected chi connectivity index (χ2v) is 8.54. The van der Waals surface area contributed by atoms with Crippen LogP contribution < -0.4 is 0 Å². The third-order valence-corrected chi connectivity index (χ3v) is 6.96. The van der Waals surface area contributed by atoms with Crippen LogP contribution in [0.3, 0.4) is 0 Å². The summed E-state index contributed by atoms with van der Waals surface area (Å²) in [5.41, 5.74) is 2.79. The summed E-state index contributed by atoms with van der Waals surface area (Å²) in [4.78, 5) is 28.2. The van der Waals surface area contributed by atoms with Gasteiger partial charge in [0.1, 0.15) is 0 Å². The molecule has 2 aromatic rings. The molecule has 27 heavy (non-hydrogen) atoms. The molecule has 1 aliphatic heterocycles. The van der Waals surface area contributed by atoms with Crippen LogP contribution in [0.5, 0.6) is 0 Å². The molecule has 3 heteroatoms. The second kappa shape index (κ2) is 6.78. The molecule has 1 heterocycles. The van der Waals surface area contributed by atoms with E-state index in [1.54, 1.807) is 4.90 Å². The molecule has 2 amide bonds. The minimum atomic E-state index is -0.0780. The minimum Gasteiger partial charge on any atom is -0.271 e. The first-order valence-electron chi connectivity index (χ1n) is 10.7. The Hall–Kier alpha value is -2.16. The molecule has 0 spiro atoms. The normalized spacial score (nSPS) is 21.9. The fraction of sp³-hybridized carbons (Fsp3) is 0.500. The Kier molecular flexibility index (Phi) is 4.26. The van der Waals surface area contributed by atoms with E-state index < -0.39 is 0 Å². The highest BCUT2D eigenvalue weighted by atomic mass is 16.2. The lowest BCUT2D eigenvalue weighted by Crippen LogP contribution is -2.47. The van der Waals surface area contributed by atoms with Crippen LogP contribution in [0.1, 0.15) is 96.4 Å². The van der Waals surface area contributed by atoms with E-state index in [9.17, 15) is 9.59 Å². The SMILES string of the molecule is O=C1c2cccc3c(C4CCCCC4)ccc(c23)C(=O)N1C1CCCCC1. The maximum Gasteiger partial charge on any atom is 0.261 e. The molecule has 3 aliphatic rings. The van der Waals surface area contributed by atoms with Crippen LogP contribution >= 0.6 is 0 Å². The van der Waals surface area contributed by atoms with Crippen LogP contribution in [-0.2, 0) is 0 Å². The number of carbonyl (C=O) groups excluding carboxylic acids is 2. The van der Waals surface area contributed by atoms with E-state index in [0.29, 0.717) is 5.92 Å². The van der Waals surface area contributed by atoms with Crippen LogP contribution in [0.25, 0.3) is 10.8 Å². The van der Waals surface area contributed by atoms with Crippen molar-refractivity contribution in [3.8, 4) is 0 Å². The average molecular weight is 361 g/mol. The summed E-state index contributed by atoms with van der Waals surface area (Å²) in [6.07, 6.45) is 11.6. The number of rotatable bonds is 2. The van der Waals surface area contributed by atoms with E-state index in [-0.39, 0.29) is 17.9 Å². The van der Waals surface area contributed by atoms with E-state index in [1.165, 1.54) is 44.1 Å². The molecule has 140 valence electrons. The highest BCUT2D eigenvalue weighted by Gasteiger charge is 2.38. The lowest BCUT2D eigenvalue weighted by Gasteiger charge is -2.36. The Balaban J connectivity index is 1.63. The van der Waals surface area contributed by atoms with Crippen LogP contribution in [0, 0.1) is 0 Å². The maximum atomic E-state index is 13.3. The van der Waals surface area contributed by atoms with Gasteiger partial charge in [-0.3, -0.25) is 14.5 Å². The van der Waals surface area contributed by atoms with Gasteiger partial charge in [-0.1, -0.05) is 56.7 Å². The molecule has 0 saturated heterocycles. The topological polar surface area (TPSA) is 37.4 Å². The number of imide groups is 1. The largest absolute Gasteiger partial charge is 0.271 e. The van der Waals surface area contributed by atoms with Crippen molar-refractivity contribution in [3.63, 3.8) is 0 Å². The monoisotopic (exact) mass is 361 g/mol. The van der Waals surface area contributed by atoms with E-state index in [0.717, 1.165) is 47.6 Å². The molecule has 2 fully saturated rings. The summed E-state index contributed by atoms with van der Waals surface area (Å²) < 4.78 is 0. The van der Waals surface area contributed by atoms with Gasteiger partial charge in [0.25, 0.3) is 11.8 Å². The van der Waals surface area contributed by atoms with Gasteiger partial charge in [0.15, 0.2) is 0 Å². The number of amides is 2.